The molecular formula is C35H23N. The van der Waals surface area contributed by atoms with Crippen LogP contribution in [0.5, 0.6) is 0 Å². The van der Waals surface area contributed by atoms with E-state index in [0.29, 0.717) is 0 Å². The summed E-state index contributed by atoms with van der Waals surface area (Å²) in [5.41, 5.74) is 8.40. The number of hydrogen-bond donors (Lipinski definition) is 0. The van der Waals surface area contributed by atoms with Gasteiger partial charge in [0.15, 0.2) is 0 Å². The Morgan fingerprint density at radius 3 is 1.61 bits per heavy atom. The lowest BCUT2D eigenvalue weighted by Crippen LogP contribution is -1.94. The summed E-state index contributed by atoms with van der Waals surface area (Å²) >= 11 is 0. The lowest BCUT2D eigenvalue weighted by Gasteiger charge is -2.20. The number of pyridine rings is 1. The summed E-state index contributed by atoms with van der Waals surface area (Å²) in [4.78, 5) is 4.94. The van der Waals surface area contributed by atoms with Crippen molar-refractivity contribution in [2.45, 2.75) is 0 Å². The highest BCUT2D eigenvalue weighted by atomic mass is 14.6. The van der Waals surface area contributed by atoms with Crippen LogP contribution in [0.2, 0.25) is 0 Å². The molecule has 0 atom stereocenters. The highest BCUT2D eigenvalue weighted by Crippen LogP contribution is 2.47. The van der Waals surface area contributed by atoms with Crippen LogP contribution in [0.25, 0.3) is 65.8 Å². The third-order valence-electron chi connectivity index (χ3n) is 7.10. The number of rotatable bonds is 3. The van der Waals surface area contributed by atoms with Crippen molar-refractivity contribution >= 4 is 32.4 Å². The number of hydrogen-bond acceptors (Lipinski definition) is 1. The zero-order valence-corrected chi connectivity index (χ0v) is 19.7. The van der Waals surface area contributed by atoms with Gasteiger partial charge in [-0.3, -0.25) is 4.98 Å². The van der Waals surface area contributed by atoms with E-state index in [2.05, 4.69) is 140 Å². The van der Waals surface area contributed by atoms with Crippen LogP contribution in [0, 0.1) is 0 Å². The van der Waals surface area contributed by atoms with E-state index in [1.165, 1.54) is 60.3 Å². The molecule has 0 saturated carbocycles. The number of fused-ring (bicyclic) bond motifs is 4. The average Bonchev–Trinajstić information content (AvgIpc) is 2.96. The van der Waals surface area contributed by atoms with Crippen LogP contribution in [0.1, 0.15) is 0 Å². The molecule has 7 aromatic rings. The molecule has 0 radical (unpaired) electrons. The van der Waals surface area contributed by atoms with E-state index in [-0.39, 0.29) is 0 Å². The van der Waals surface area contributed by atoms with Crippen molar-refractivity contribution < 1.29 is 0 Å². The monoisotopic (exact) mass is 457 g/mol. The van der Waals surface area contributed by atoms with Gasteiger partial charge < -0.3 is 0 Å². The third kappa shape index (κ3) is 3.21. The third-order valence-corrected chi connectivity index (χ3v) is 7.10. The number of nitrogens with zero attached hydrogens (tertiary/aromatic N) is 1. The van der Waals surface area contributed by atoms with Crippen molar-refractivity contribution in [3.8, 4) is 33.4 Å². The fourth-order valence-electron chi connectivity index (χ4n) is 5.56. The number of aromatic nitrogens is 1. The summed E-state index contributed by atoms with van der Waals surface area (Å²) in [5.74, 6) is 0. The van der Waals surface area contributed by atoms with Gasteiger partial charge in [-0.25, -0.2) is 0 Å². The molecule has 0 aliphatic heterocycles. The predicted molar refractivity (Wildman–Crippen MR) is 153 cm³/mol. The van der Waals surface area contributed by atoms with E-state index in [1.54, 1.807) is 0 Å². The van der Waals surface area contributed by atoms with Crippen LogP contribution < -0.4 is 0 Å². The summed E-state index contributed by atoms with van der Waals surface area (Å²) in [6.07, 6.45) is 2.08. The van der Waals surface area contributed by atoms with Crippen molar-refractivity contribution in [3.63, 3.8) is 0 Å². The minimum absolute atomic E-state index is 1.01. The summed E-state index contributed by atoms with van der Waals surface area (Å²) in [6, 6.07) is 47.5. The summed E-state index contributed by atoms with van der Waals surface area (Å²) in [7, 11) is 0. The van der Waals surface area contributed by atoms with Crippen molar-refractivity contribution in [1.82, 2.24) is 4.98 Å². The Morgan fingerprint density at radius 2 is 0.889 bits per heavy atom. The van der Waals surface area contributed by atoms with E-state index >= 15 is 0 Å². The average molecular weight is 458 g/mol. The van der Waals surface area contributed by atoms with Gasteiger partial charge in [0, 0.05) is 22.4 Å². The van der Waals surface area contributed by atoms with Crippen molar-refractivity contribution in [1.29, 1.82) is 0 Å². The molecule has 0 fully saturated rings. The first-order valence-electron chi connectivity index (χ1n) is 12.3. The van der Waals surface area contributed by atoms with E-state index in [4.69, 9.17) is 4.98 Å². The topological polar surface area (TPSA) is 12.9 Å². The van der Waals surface area contributed by atoms with Crippen LogP contribution in [0.4, 0.5) is 0 Å². The molecule has 1 heteroatoms. The molecular weight excluding hydrogens is 434 g/mol. The smallest absolute Gasteiger partial charge is 0.0708 e. The minimum atomic E-state index is 1.01. The molecule has 1 heterocycles. The lowest BCUT2D eigenvalue weighted by molar-refractivity contribution is 1.45. The van der Waals surface area contributed by atoms with Gasteiger partial charge in [0.1, 0.15) is 0 Å². The maximum absolute atomic E-state index is 4.94. The SMILES string of the molecule is c1ccc(-c2ccccc2-c2c3ccccc3c(-c3ccccc3)c3c2cnc2ccccc23)cc1. The van der Waals surface area contributed by atoms with Gasteiger partial charge in [0.05, 0.1) is 5.52 Å². The molecule has 0 unspecified atom stereocenters. The molecule has 0 amide bonds. The first-order valence-corrected chi connectivity index (χ1v) is 12.3. The fourth-order valence-corrected chi connectivity index (χ4v) is 5.56. The molecule has 1 nitrogen and oxygen atoms in total. The first-order chi connectivity index (χ1) is 17.9. The maximum atomic E-state index is 4.94. The van der Waals surface area contributed by atoms with Crippen LogP contribution in [0.15, 0.2) is 140 Å². The van der Waals surface area contributed by atoms with Gasteiger partial charge in [-0.15, -0.1) is 0 Å². The van der Waals surface area contributed by atoms with E-state index < -0.39 is 0 Å². The molecule has 0 saturated heterocycles. The molecule has 0 spiro atoms. The van der Waals surface area contributed by atoms with Gasteiger partial charge in [-0.05, 0) is 50.2 Å². The van der Waals surface area contributed by atoms with Gasteiger partial charge >= 0.3 is 0 Å². The van der Waals surface area contributed by atoms with Crippen molar-refractivity contribution in [2.75, 3.05) is 0 Å². The summed E-state index contributed by atoms with van der Waals surface area (Å²) in [5, 5.41) is 6.10. The molecule has 0 bridgehead atoms. The minimum Gasteiger partial charge on any atom is -0.256 e. The Bertz CT molecular complexity index is 1870. The molecule has 7 rings (SSSR count). The second-order valence-electron chi connectivity index (χ2n) is 9.14. The molecule has 168 valence electrons. The van der Waals surface area contributed by atoms with Crippen LogP contribution in [-0.2, 0) is 0 Å². The standard InChI is InChI=1S/C35H23N/c1-3-13-24(14-4-1)26-17-7-8-18-27(26)34-29-20-10-9-19-28(29)33(25-15-5-2-6-16-25)35-30-21-11-12-22-32(30)36-23-31(34)35/h1-23H. The van der Waals surface area contributed by atoms with Crippen LogP contribution in [0.3, 0.4) is 0 Å². The molecule has 1 aromatic heterocycles. The van der Waals surface area contributed by atoms with Crippen molar-refractivity contribution in [2.24, 2.45) is 0 Å². The Morgan fingerprint density at radius 1 is 0.361 bits per heavy atom. The highest BCUT2D eigenvalue weighted by Gasteiger charge is 2.20. The van der Waals surface area contributed by atoms with Gasteiger partial charge in [-0.1, -0.05) is 127 Å². The number of benzene rings is 6. The molecule has 0 aliphatic carbocycles. The molecule has 0 aliphatic rings. The van der Waals surface area contributed by atoms with Gasteiger partial charge in [-0.2, -0.15) is 0 Å². The van der Waals surface area contributed by atoms with E-state index in [1.807, 2.05) is 0 Å². The quantitative estimate of drug-likeness (QED) is 0.190. The molecule has 36 heavy (non-hydrogen) atoms. The maximum Gasteiger partial charge on any atom is 0.0708 e. The van der Waals surface area contributed by atoms with Crippen LogP contribution >= 0.6 is 0 Å². The highest BCUT2D eigenvalue weighted by molar-refractivity contribution is 6.27. The van der Waals surface area contributed by atoms with Gasteiger partial charge in [0.25, 0.3) is 0 Å². The zero-order valence-electron chi connectivity index (χ0n) is 19.7. The van der Waals surface area contributed by atoms with Gasteiger partial charge in [0.2, 0.25) is 0 Å². The first kappa shape index (κ1) is 20.6. The van der Waals surface area contributed by atoms with E-state index in [9.17, 15) is 0 Å². The van der Waals surface area contributed by atoms with Crippen LogP contribution in [-0.4, -0.2) is 4.98 Å². The Hall–Kier alpha value is -4.75. The Kier molecular flexibility index (Phi) is 4.85. The fraction of sp³-hybridized carbons (Fsp3) is 0. The van der Waals surface area contributed by atoms with E-state index in [0.717, 1.165) is 5.52 Å². The second-order valence-corrected chi connectivity index (χ2v) is 9.14. The largest absolute Gasteiger partial charge is 0.256 e. The summed E-state index contributed by atoms with van der Waals surface area (Å²) < 4.78 is 0. The Balaban J connectivity index is 1.72. The zero-order chi connectivity index (χ0) is 23.9. The molecule has 6 aromatic carbocycles. The molecule has 0 N–H and O–H groups in total. The normalized spacial score (nSPS) is 11.3. The lowest BCUT2D eigenvalue weighted by atomic mass is 9.83. The number of para-hydroxylation sites is 1. The van der Waals surface area contributed by atoms with Crippen molar-refractivity contribution in [3.05, 3.63) is 140 Å². The summed E-state index contributed by atoms with van der Waals surface area (Å²) in [6.45, 7) is 0. The second kappa shape index (κ2) is 8.48. The predicted octanol–water partition coefficient (Wildman–Crippen LogP) is 9.54. The Labute approximate surface area is 210 Å².